The van der Waals surface area contributed by atoms with Gasteiger partial charge in [-0.1, -0.05) is 19.9 Å². The van der Waals surface area contributed by atoms with Gasteiger partial charge >= 0.3 is 0 Å². The molecule has 1 rings (SSSR count). The highest BCUT2D eigenvalue weighted by Crippen LogP contribution is 2.21. The second-order valence-corrected chi connectivity index (χ2v) is 4.95. The first-order valence-electron chi connectivity index (χ1n) is 5.56. The van der Waals surface area contributed by atoms with Crippen LogP contribution < -0.4 is 5.32 Å². The Bertz CT molecular complexity index is 173. The normalized spacial score (nSPS) is 17.0. The van der Waals surface area contributed by atoms with E-state index in [4.69, 9.17) is 4.74 Å². The molecule has 0 aromatic heterocycles. The summed E-state index contributed by atoms with van der Waals surface area (Å²) in [6.07, 6.45) is 5.56. The van der Waals surface area contributed by atoms with Crippen LogP contribution in [0.25, 0.3) is 0 Å². The van der Waals surface area contributed by atoms with Gasteiger partial charge in [0, 0.05) is 18.0 Å². The van der Waals surface area contributed by atoms with Gasteiger partial charge in [0.05, 0.1) is 13.2 Å². The van der Waals surface area contributed by atoms with Gasteiger partial charge in [-0.2, -0.15) is 0 Å². The topological polar surface area (TPSA) is 21.3 Å². The fourth-order valence-electron chi connectivity index (χ4n) is 1.27. The average Bonchev–Trinajstić information content (AvgIpc) is 2.93. The summed E-state index contributed by atoms with van der Waals surface area (Å²) in [5.74, 6) is 0. The number of nitrogens with one attached hydrogen (secondary N) is 1. The molecule has 1 fully saturated rings. The van der Waals surface area contributed by atoms with Crippen molar-refractivity contribution in [3.8, 4) is 0 Å². The van der Waals surface area contributed by atoms with E-state index in [1.54, 1.807) is 0 Å². The first-order chi connectivity index (χ1) is 6.64. The van der Waals surface area contributed by atoms with Crippen LogP contribution in [0.3, 0.4) is 0 Å². The van der Waals surface area contributed by atoms with E-state index in [2.05, 4.69) is 25.7 Å². The molecule has 1 aliphatic rings. The van der Waals surface area contributed by atoms with Crippen molar-refractivity contribution in [1.29, 1.82) is 0 Å². The molecule has 1 aliphatic carbocycles. The second-order valence-electron chi connectivity index (χ2n) is 4.95. The molecule has 1 N–H and O–H groups in total. The molecule has 2 nitrogen and oxygen atoms in total. The Kier molecular flexibility index (Phi) is 4.63. The maximum absolute atomic E-state index is 5.58. The molecule has 0 spiro atoms. The van der Waals surface area contributed by atoms with Crippen LogP contribution in [0, 0.1) is 5.41 Å². The lowest BCUT2D eigenvalue weighted by atomic mass is 9.95. The number of hydrogen-bond acceptors (Lipinski definition) is 2. The van der Waals surface area contributed by atoms with Crippen molar-refractivity contribution in [3.63, 3.8) is 0 Å². The van der Waals surface area contributed by atoms with E-state index in [1.807, 2.05) is 6.08 Å². The Hall–Kier alpha value is -0.340. The quantitative estimate of drug-likeness (QED) is 0.476. The summed E-state index contributed by atoms with van der Waals surface area (Å²) in [6.45, 7) is 10.9. The van der Waals surface area contributed by atoms with Gasteiger partial charge < -0.3 is 10.1 Å². The Morgan fingerprint density at radius 3 is 2.79 bits per heavy atom. The van der Waals surface area contributed by atoms with Crippen LogP contribution in [0.5, 0.6) is 0 Å². The van der Waals surface area contributed by atoms with Gasteiger partial charge in [-0.25, -0.2) is 0 Å². The van der Waals surface area contributed by atoms with E-state index in [0.29, 0.717) is 0 Å². The first-order valence-corrected chi connectivity index (χ1v) is 5.56. The summed E-state index contributed by atoms with van der Waals surface area (Å²) in [6, 6.07) is 0.794. The van der Waals surface area contributed by atoms with E-state index < -0.39 is 0 Å². The van der Waals surface area contributed by atoms with Crippen LogP contribution in [0.4, 0.5) is 0 Å². The molecular weight excluding hydrogens is 174 g/mol. The fraction of sp³-hybridized carbons (Fsp3) is 0.833. The molecule has 2 heteroatoms. The summed E-state index contributed by atoms with van der Waals surface area (Å²) < 4.78 is 5.58. The minimum atomic E-state index is 0.254. The largest absolute Gasteiger partial charge is 0.381 e. The summed E-state index contributed by atoms with van der Waals surface area (Å²) >= 11 is 0. The Morgan fingerprint density at radius 2 is 2.21 bits per heavy atom. The Balaban J connectivity index is 2.02. The molecule has 1 saturated carbocycles. The molecule has 14 heavy (non-hydrogen) atoms. The average molecular weight is 197 g/mol. The van der Waals surface area contributed by atoms with Crippen LogP contribution in [0.1, 0.15) is 33.1 Å². The zero-order chi connectivity index (χ0) is 10.4. The van der Waals surface area contributed by atoms with Crippen molar-refractivity contribution < 1.29 is 4.74 Å². The van der Waals surface area contributed by atoms with Crippen molar-refractivity contribution in [2.75, 3.05) is 19.8 Å². The van der Waals surface area contributed by atoms with Crippen molar-refractivity contribution >= 4 is 0 Å². The summed E-state index contributed by atoms with van der Waals surface area (Å²) in [5, 5.41) is 3.54. The third-order valence-corrected chi connectivity index (χ3v) is 2.41. The molecule has 0 unspecified atom stereocenters. The van der Waals surface area contributed by atoms with Gasteiger partial charge in [0.15, 0.2) is 0 Å². The number of rotatable bonds is 8. The van der Waals surface area contributed by atoms with E-state index >= 15 is 0 Å². The van der Waals surface area contributed by atoms with Crippen LogP contribution in [0.15, 0.2) is 12.7 Å². The molecule has 0 amide bonds. The summed E-state index contributed by atoms with van der Waals surface area (Å²) in [5.41, 5.74) is 0.254. The molecule has 0 aliphatic heterocycles. The molecule has 0 aromatic carbocycles. The standard InChI is InChI=1S/C12H23NO/c1-4-5-8-14-10-12(2,3)9-13-11-6-7-11/h4,11,13H,1,5-10H2,2-3H3. The van der Waals surface area contributed by atoms with Crippen LogP contribution in [-0.4, -0.2) is 25.8 Å². The smallest absolute Gasteiger partial charge is 0.0529 e. The zero-order valence-corrected chi connectivity index (χ0v) is 9.51. The van der Waals surface area contributed by atoms with Crippen molar-refractivity contribution in [2.45, 2.75) is 39.2 Å². The minimum absolute atomic E-state index is 0.254. The molecule has 0 heterocycles. The van der Waals surface area contributed by atoms with Gasteiger partial charge in [0.25, 0.3) is 0 Å². The molecule has 82 valence electrons. The fourth-order valence-corrected chi connectivity index (χ4v) is 1.27. The molecule has 0 atom stereocenters. The maximum Gasteiger partial charge on any atom is 0.0529 e. The van der Waals surface area contributed by atoms with Crippen molar-refractivity contribution in [1.82, 2.24) is 5.32 Å². The van der Waals surface area contributed by atoms with Gasteiger partial charge in [-0.3, -0.25) is 0 Å². The van der Waals surface area contributed by atoms with Gasteiger partial charge in [0.2, 0.25) is 0 Å². The van der Waals surface area contributed by atoms with E-state index in [0.717, 1.165) is 32.2 Å². The number of ether oxygens (including phenoxy) is 1. The Morgan fingerprint density at radius 1 is 1.50 bits per heavy atom. The van der Waals surface area contributed by atoms with Crippen LogP contribution in [-0.2, 0) is 4.74 Å². The predicted molar refractivity (Wildman–Crippen MR) is 60.4 cm³/mol. The highest BCUT2D eigenvalue weighted by atomic mass is 16.5. The van der Waals surface area contributed by atoms with Crippen molar-refractivity contribution in [2.24, 2.45) is 5.41 Å². The highest BCUT2D eigenvalue weighted by molar-refractivity contribution is 4.84. The summed E-state index contributed by atoms with van der Waals surface area (Å²) in [7, 11) is 0. The zero-order valence-electron chi connectivity index (χ0n) is 9.51. The van der Waals surface area contributed by atoms with Crippen LogP contribution >= 0.6 is 0 Å². The lowest BCUT2D eigenvalue weighted by Crippen LogP contribution is -2.34. The molecule has 0 aromatic rings. The van der Waals surface area contributed by atoms with E-state index in [1.165, 1.54) is 12.8 Å². The van der Waals surface area contributed by atoms with E-state index in [-0.39, 0.29) is 5.41 Å². The Labute approximate surface area is 87.7 Å². The monoisotopic (exact) mass is 197 g/mol. The van der Waals surface area contributed by atoms with Crippen molar-refractivity contribution in [3.05, 3.63) is 12.7 Å². The SMILES string of the molecule is C=CCCOCC(C)(C)CNC1CC1. The lowest BCUT2D eigenvalue weighted by Gasteiger charge is -2.24. The third kappa shape index (κ3) is 5.40. The molecule has 0 radical (unpaired) electrons. The third-order valence-electron chi connectivity index (χ3n) is 2.41. The maximum atomic E-state index is 5.58. The second kappa shape index (κ2) is 5.52. The number of hydrogen-bond donors (Lipinski definition) is 1. The highest BCUT2D eigenvalue weighted by Gasteiger charge is 2.25. The summed E-state index contributed by atoms with van der Waals surface area (Å²) in [4.78, 5) is 0. The van der Waals surface area contributed by atoms with Gasteiger partial charge in [0.1, 0.15) is 0 Å². The van der Waals surface area contributed by atoms with Gasteiger partial charge in [-0.05, 0) is 19.3 Å². The van der Waals surface area contributed by atoms with Gasteiger partial charge in [-0.15, -0.1) is 6.58 Å². The van der Waals surface area contributed by atoms with E-state index in [9.17, 15) is 0 Å². The first kappa shape index (κ1) is 11.7. The predicted octanol–water partition coefficient (Wildman–Crippen LogP) is 2.36. The molecular formula is C12H23NO. The lowest BCUT2D eigenvalue weighted by molar-refractivity contribution is 0.0648. The molecule has 0 saturated heterocycles. The van der Waals surface area contributed by atoms with Crippen LogP contribution in [0.2, 0.25) is 0 Å². The minimum Gasteiger partial charge on any atom is -0.381 e. The molecule has 0 bridgehead atoms.